The molecule has 3 aliphatic rings. The van der Waals surface area contributed by atoms with E-state index in [1.54, 1.807) is 6.34 Å². The van der Waals surface area contributed by atoms with Gasteiger partial charge < -0.3 is 25.2 Å². The van der Waals surface area contributed by atoms with Crippen LogP contribution in [0.2, 0.25) is 0 Å². The summed E-state index contributed by atoms with van der Waals surface area (Å²) in [5.41, 5.74) is 5.35. The van der Waals surface area contributed by atoms with Crippen molar-refractivity contribution in [2.45, 2.75) is 36.9 Å². The fraction of sp³-hybridized carbons (Fsp3) is 0.900. The van der Waals surface area contributed by atoms with E-state index in [9.17, 15) is 4.57 Å². The molecule has 0 aromatic heterocycles. The predicted octanol–water partition coefficient (Wildman–Crippen LogP) is -1.86. The van der Waals surface area contributed by atoms with Gasteiger partial charge in [-0.1, -0.05) is 0 Å². The normalized spacial score (nSPS) is 35.1. The smallest absolute Gasteiger partial charge is 0.351 e. The number of hydrogen-bond acceptors (Lipinski definition) is 7. The summed E-state index contributed by atoms with van der Waals surface area (Å²) in [6, 6.07) is 0.104. The lowest BCUT2D eigenvalue weighted by atomic mass is 10.2. The minimum Gasteiger partial charge on any atom is -0.361 e. The number of aliphatic imine (C=N–C) groups is 1. The van der Waals surface area contributed by atoms with E-state index in [-0.39, 0.29) is 18.5 Å². The van der Waals surface area contributed by atoms with Crippen LogP contribution >= 0.6 is 7.60 Å². The van der Waals surface area contributed by atoms with Gasteiger partial charge in [0, 0.05) is 13.1 Å². The first-order valence-electron chi connectivity index (χ1n) is 6.60. The van der Waals surface area contributed by atoms with Crippen LogP contribution in [0.25, 0.3) is 0 Å². The maximum atomic E-state index is 10.9. The van der Waals surface area contributed by atoms with Crippen molar-refractivity contribution in [2.24, 2.45) is 10.7 Å². The average Bonchev–Trinajstić information content (AvgIpc) is 3.03. The predicted molar refractivity (Wildman–Crippen MR) is 71.8 cm³/mol. The van der Waals surface area contributed by atoms with Gasteiger partial charge in [-0.25, -0.2) is 0 Å². The molecule has 0 aromatic carbocycles. The zero-order chi connectivity index (χ0) is 14.4. The maximum absolute atomic E-state index is 10.9. The van der Waals surface area contributed by atoms with Crippen LogP contribution < -0.4 is 16.4 Å². The molecule has 0 amide bonds. The summed E-state index contributed by atoms with van der Waals surface area (Å²) in [7, 11) is -4.13. The highest BCUT2D eigenvalue weighted by Gasteiger charge is 2.49. The molecule has 2 aliphatic heterocycles. The molecule has 6 N–H and O–H groups in total. The topological polar surface area (TPSA) is 132 Å². The van der Waals surface area contributed by atoms with Crippen molar-refractivity contribution >= 4 is 13.9 Å². The number of rotatable bonds is 5. The van der Waals surface area contributed by atoms with Gasteiger partial charge in [0.1, 0.15) is 18.8 Å². The first kappa shape index (κ1) is 14.4. The van der Waals surface area contributed by atoms with Gasteiger partial charge in [-0.3, -0.25) is 20.2 Å². The Morgan fingerprint density at radius 1 is 1.55 bits per heavy atom. The minimum absolute atomic E-state index is 0.0161. The molecule has 2 heterocycles. The first-order valence-corrected chi connectivity index (χ1v) is 8.39. The number of nitrogens with one attached hydrogen (secondary N) is 2. The van der Waals surface area contributed by atoms with Crippen molar-refractivity contribution in [1.82, 2.24) is 15.5 Å². The van der Waals surface area contributed by atoms with Crippen molar-refractivity contribution in [2.75, 3.05) is 19.4 Å². The molecular weight excluding hydrogens is 285 g/mol. The zero-order valence-electron chi connectivity index (χ0n) is 11.0. The molecule has 20 heavy (non-hydrogen) atoms. The van der Waals surface area contributed by atoms with E-state index >= 15 is 0 Å². The molecule has 1 saturated heterocycles. The number of ether oxygens (including phenoxy) is 1. The van der Waals surface area contributed by atoms with Crippen molar-refractivity contribution in [3.05, 3.63) is 0 Å². The van der Waals surface area contributed by atoms with E-state index in [0.717, 1.165) is 12.8 Å². The third kappa shape index (κ3) is 3.20. The maximum Gasteiger partial charge on any atom is 0.351 e. The van der Waals surface area contributed by atoms with E-state index < -0.39 is 19.5 Å². The van der Waals surface area contributed by atoms with E-state index in [1.165, 1.54) is 0 Å². The van der Waals surface area contributed by atoms with Crippen molar-refractivity contribution in [3.63, 3.8) is 0 Å². The summed E-state index contributed by atoms with van der Waals surface area (Å²) < 4.78 is 16.3. The summed E-state index contributed by atoms with van der Waals surface area (Å²) in [5, 5.41) is 6.30. The van der Waals surface area contributed by atoms with Crippen LogP contribution in [0.15, 0.2) is 4.99 Å². The Labute approximate surface area is 116 Å². The van der Waals surface area contributed by atoms with Gasteiger partial charge in [0.25, 0.3) is 0 Å². The molecular formula is C10H20N5O4P. The van der Waals surface area contributed by atoms with Crippen molar-refractivity contribution in [3.8, 4) is 0 Å². The zero-order valence-corrected chi connectivity index (χ0v) is 11.9. The highest BCUT2D eigenvalue weighted by molar-refractivity contribution is 7.51. The quantitative estimate of drug-likeness (QED) is 0.374. The SMILES string of the molecule is NC1NCC2N=CN(CC3(OCP(=O)(O)O)CC3)C2N1. The lowest BCUT2D eigenvalue weighted by Gasteiger charge is -2.37. The number of nitrogens with zero attached hydrogens (tertiary/aromatic N) is 2. The standard InChI is InChI=1S/C10H20N5O4P/c11-9-12-3-7-8(14-9)15(5-13-7)4-10(1-2-10)19-6-20(16,17)18/h5,7-9,12,14H,1-4,6,11H2,(H2,16,17,18). The highest BCUT2D eigenvalue weighted by atomic mass is 31.2. The average molecular weight is 305 g/mol. The van der Waals surface area contributed by atoms with Crippen LogP contribution in [-0.2, 0) is 9.30 Å². The molecule has 9 nitrogen and oxygen atoms in total. The van der Waals surface area contributed by atoms with Gasteiger partial charge in [-0.05, 0) is 12.8 Å². The monoisotopic (exact) mass is 305 g/mol. The third-order valence-corrected chi connectivity index (χ3v) is 4.31. The summed E-state index contributed by atoms with van der Waals surface area (Å²) in [6.07, 6.45) is 2.59. The Morgan fingerprint density at radius 3 is 2.95 bits per heavy atom. The number of nitrogens with two attached hydrogens (primary N) is 1. The van der Waals surface area contributed by atoms with E-state index in [1.807, 2.05) is 4.90 Å². The second kappa shape index (κ2) is 5.03. The van der Waals surface area contributed by atoms with E-state index in [4.69, 9.17) is 20.3 Å². The second-order valence-corrected chi connectivity index (χ2v) is 7.21. The van der Waals surface area contributed by atoms with Crippen molar-refractivity contribution in [1.29, 1.82) is 0 Å². The van der Waals surface area contributed by atoms with Crippen LogP contribution in [-0.4, -0.2) is 64.6 Å². The molecule has 0 radical (unpaired) electrons. The van der Waals surface area contributed by atoms with Gasteiger partial charge in [0.05, 0.1) is 18.0 Å². The summed E-state index contributed by atoms with van der Waals surface area (Å²) >= 11 is 0. The summed E-state index contributed by atoms with van der Waals surface area (Å²) in [5.74, 6) is 0. The van der Waals surface area contributed by atoms with Gasteiger partial charge in [0.2, 0.25) is 0 Å². The molecule has 3 atom stereocenters. The lowest BCUT2D eigenvalue weighted by Crippen LogP contribution is -2.67. The molecule has 3 rings (SSSR count). The fourth-order valence-electron chi connectivity index (χ4n) is 2.59. The Bertz CT molecular complexity index is 451. The Hall–Kier alpha value is -0.540. The van der Waals surface area contributed by atoms with Crippen LogP contribution in [0.4, 0.5) is 0 Å². The molecule has 1 saturated carbocycles. The molecule has 0 spiro atoms. The molecule has 2 fully saturated rings. The molecule has 0 bridgehead atoms. The summed E-state index contributed by atoms with van der Waals surface area (Å²) in [4.78, 5) is 24.2. The molecule has 0 aromatic rings. The van der Waals surface area contributed by atoms with Gasteiger partial charge in [-0.15, -0.1) is 0 Å². The number of fused-ring (bicyclic) bond motifs is 1. The Morgan fingerprint density at radius 2 is 2.30 bits per heavy atom. The first-order chi connectivity index (χ1) is 9.37. The van der Waals surface area contributed by atoms with E-state index in [0.29, 0.717) is 13.1 Å². The minimum atomic E-state index is -4.13. The van der Waals surface area contributed by atoms with Gasteiger partial charge >= 0.3 is 7.60 Å². The van der Waals surface area contributed by atoms with Crippen LogP contribution in [0.5, 0.6) is 0 Å². The number of hydrogen-bond donors (Lipinski definition) is 5. The van der Waals surface area contributed by atoms with E-state index in [2.05, 4.69) is 15.6 Å². The Kier molecular flexibility index (Phi) is 3.62. The Balaban J connectivity index is 1.58. The largest absolute Gasteiger partial charge is 0.361 e. The fourth-order valence-corrected chi connectivity index (χ4v) is 3.03. The highest BCUT2D eigenvalue weighted by Crippen LogP contribution is 2.45. The molecule has 10 heteroatoms. The van der Waals surface area contributed by atoms with Crippen molar-refractivity contribution < 1.29 is 19.1 Å². The van der Waals surface area contributed by atoms with Crippen LogP contribution in [0.3, 0.4) is 0 Å². The molecule has 114 valence electrons. The third-order valence-electron chi connectivity index (χ3n) is 3.84. The van der Waals surface area contributed by atoms with Crippen LogP contribution in [0, 0.1) is 0 Å². The van der Waals surface area contributed by atoms with Crippen LogP contribution in [0.1, 0.15) is 12.8 Å². The lowest BCUT2D eigenvalue weighted by molar-refractivity contribution is 0.0260. The van der Waals surface area contributed by atoms with Gasteiger partial charge in [0.15, 0.2) is 0 Å². The summed E-state index contributed by atoms with van der Waals surface area (Å²) in [6.45, 7) is 1.28. The molecule has 3 unspecified atom stereocenters. The molecule has 1 aliphatic carbocycles. The second-order valence-electron chi connectivity index (χ2n) is 5.62. The van der Waals surface area contributed by atoms with Gasteiger partial charge in [-0.2, -0.15) is 0 Å².